The minimum atomic E-state index is -0.277. The Hall–Kier alpha value is -2.76. The molecule has 0 radical (unpaired) electrons. The van der Waals surface area contributed by atoms with Crippen LogP contribution in [0.4, 0.5) is 0 Å². The third kappa shape index (κ3) is 2.74. The predicted octanol–water partition coefficient (Wildman–Crippen LogP) is 0.831. The monoisotopic (exact) mass is 257 g/mol. The molecule has 0 unspecified atom stereocenters. The Labute approximate surface area is 109 Å². The number of amides is 2. The molecule has 1 aromatic carbocycles. The second kappa shape index (κ2) is 5.26. The summed E-state index contributed by atoms with van der Waals surface area (Å²) >= 11 is 0. The van der Waals surface area contributed by atoms with Gasteiger partial charge in [-0.15, -0.1) is 0 Å². The fraction of sp³-hybridized carbons (Fsp3) is 0.0769. The van der Waals surface area contributed by atoms with Crippen molar-refractivity contribution in [3.8, 4) is 5.75 Å². The van der Waals surface area contributed by atoms with Gasteiger partial charge in [0, 0.05) is 7.05 Å². The summed E-state index contributed by atoms with van der Waals surface area (Å²) in [7, 11) is 1.55. The minimum Gasteiger partial charge on any atom is -0.508 e. The number of hydrogen-bond donors (Lipinski definition) is 1. The zero-order chi connectivity index (χ0) is 13.8. The fourth-order valence-electron chi connectivity index (χ4n) is 1.56. The van der Waals surface area contributed by atoms with E-state index in [-0.39, 0.29) is 17.4 Å². The van der Waals surface area contributed by atoms with Crippen LogP contribution < -0.4 is 0 Å². The number of carbonyl (C=O) groups is 2. The van der Waals surface area contributed by atoms with Gasteiger partial charge in [-0.2, -0.15) is 0 Å². The molecule has 19 heavy (non-hydrogen) atoms. The van der Waals surface area contributed by atoms with Crippen LogP contribution in [0.2, 0.25) is 0 Å². The molecule has 2 rings (SSSR count). The minimum absolute atomic E-state index is 0.152. The van der Waals surface area contributed by atoms with Crippen LogP contribution in [0, 0.1) is 0 Å². The van der Waals surface area contributed by atoms with Gasteiger partial charge in [-0.3, -0.25) is 14.5 Å². The highest BCUT2D eigenvalue weighted by Gasteiger charge is 2.25. The molecule has 0 saturated carbocycles. The topological polar surface area (TPSA) is 82.3 Å². The van der Waals surface area contributed by atoms with E-state index in [4.69, 9.17) is 0 Å². The highest BCUT2D eigenvalue weighted by atomic mass is 16.3. The third-order valence-electron chi connectivity index (χ3n) is 2.55. The van der Waals surface area contributed by atoms with Gasteiger partial charge in [0.05, 0.1) is 6.21 Å². The number of benzene rings is 1. The van der Waals surface area contributed by atoms with Gasteiger partial charge in [0.2, 0.25) is 6.41 Å². The molecule has 0 aromatic heterocycles. The van der Waals surface area contributed by atoms with Gasteiger partial charge in [0.1, 0.15) is 11.4 Å². The molecule has 1 aliphatic heterocycles. The van der Waals surface area contributed by atoms with E-state index in [0.717, 1.165) is 5.56 Å². The first-order chi connectivity index (χ1) is 9.11. The Morgan fingerprint density at radius 1 is 1.32 bits per heavy atom. The second-order valence-electron chi connectivity index (χ2n) is 3.84. The summed E-state index contributed by atoms with van der Waals surface area (Å²) in [6.45, 7) is 0. The van der Waals surface area contributed by atoms with E-state index in [1.54, 1.807) is 25.3 Å². The van der Waals surface area contributed by atoms with Crippen molar-refractivity contribution in [2.45, 2.75) is 0 Å². The number of rotatable bonds is 3. The van der Waals surface area contributed by atoms with Gasteiger partial charge in [-0.05, 0) is 23.8 Å². The molecule has 1 N–H and O–H groups in total. The van der Waals surface area contributed by atoms with Crippen LogP contribution in [-0.4, -0.2) is 41.4 Å². The lowest BCUT2D eigenvalue weighted by molar-refractivity contribution is -0.121. The number of carbonyl (C=O) groups excluding carboxylic acids is 2. The van der Waals surface area contributed by atoms with E-state index < -0.39 is 0 Å². The molecule has 96 valence electrons. The van der Waals surface area contributed by atoms with Gasteiger partial charge in [0.25, 0.3) is 5.91 Å². The molecule has 0 aliphatic carbocycles. The average Bonchev–Trinajstić information content (AvgIpc) is 2.67. The Kier molecular flexibility index (Phi) is 3.51. The molecule has 6 nitrogen and oxygen atoms in total. The molecular weight excluding hydrogens is 246 g/mol. The molecule has 0 atom stereocenters. The van der Waals surface area contributed by atoms with Gasteiger partial charge >= 0.3 is 0 Å². The van der Waals surface area contributed by atoms with E-state index in [0.29, 0.717) is 12.2 Å². The molecule has 0 fully saturated rings. The van der Waals surface area contributed by atoms with Crippen molar-refractivity contribution in [2.24, 2.45) is 9.98 Å². The van der Waals surface area contributed by atoms with Crippen LogP contribution in [0.25, 0.3) is 6.08 Å². The number of hydrogen-bond acceptors (Lipinski definition) is 4. The van der Waals surface area contributed by atoms with Crippen LogP contribution in [0.3, 0.4) is 0 Å². The Morgan fingerprint density at radius 2 is 2.00 bits per heavy atom. The third-order valence-corrected chi connectivity index (χ3v) is 2.55. The van der Waals surface area contributed by atoms with Crippen molar-refractivity contribution >= 4 is 30.4 Å². The van der Waals surface area contributed by atoms with Crippen molar-refractivity contribution in [3.63, 3.8) is 0 Å². The molecule has 2 amide bonds. The summed E-state index contributed by atoms with van der Waals surface area (Å²) in [5, 5.41) is 9.18. The lowest BCUT2D eigenvalue weighted by Gasteiger charge is -2.06. The van der Waals surface area contributed by atoms with E-state index in [1.165, 1.54) is 23.2 Å². The second-order valence-corrected chi connectivity index (χ2v) is 3.84. The smallest absolute Gasteiger partial charge is 0.277 e. The molecule has 1 aliphatic rings. The standard InChI is InChI=1S/C13H11N3O3/c1-16-12(7-14-8-17)15-11(13(16)19)6-9-2-4-10(18)5-3-9/h2-8,18H,1H3/b11-6+,14-7?. The largest absolute Gasteiger partial charge is 0.508 e. The zero-order valence-electron chi connectivity index (χ0n) is 10.1. The van der Waals surface area contributed by atoms with E-state index >= 15 is 0 Å². The predicted molar refractivity (Wildman–Crippen MR) is 70.8 cm³/mol. The molecule has 0 bridgehead atoms. The SMILES string of the molecule is CN1C(=O)/C(=C\c2ccc(O)cc2)N=C1C=NC=O. The van der Waals surface area contributed by atoms with Crippen LogP contribution >= 0.6 is 0 Å². The van der Waals surface area contributed by atoms with Crippen LogP contribution in [0.1, 0.15) is 5.56 Å². The number of likely N-dealkylation sites (N-methyl/N-ethyl adjacent to an activating group) is 1. The number of amidine groups is 1. The maximum Gasteiger partial charge on any atom is 0.277 e. The molecule has 1 heterocycles. The zero-order valence-corrected chi connectivity index (χ0v) is 10.1. The van der Waals surface area contributed by atoms with E-state index in [9.17, 15) is 14.7 Å². The maximum atomic E-state index is 11.9. The fourth-order valence-corrected chi connectivity index (χ4v) is 1.56. The lowest BCUT2D eigenvalue weighted by Crippen LogP contribution is -2.28. The van der Waals surface area contributed by atoms with Crippen molar-refractivity contribution in [1.29, 1.82) is 0 Å². The quantitative estimate of drug-likeness (QED) is 0.494. The first-order valence-corrected chi connectivity index (χ1v) is 5.46. The molecule has 0 spiro atoms. The Morgan fingerprint density at radius 3 is 2.63 bits per heavy atom. The van der Waals surface area contributed by atoms with Gasteiger partial charge in [-0.25, -0.2) is 9.98 Å². The lowest BCUT2D eigenvalue weighted by atomic mass is 10.2. The highest BCUT2D eigenvalue weighted by molar-refractivity contribution is 6.38. The molecular formula is C13H11N3O3. The van der Waals surface area contributed by atoms with Gasteiger partial charge in [0.15, 0.2) is 5.84 Å². The first-order valence-electron chi connectivity index (χ1n) is 5.46. The van der Waals surface area contributed by atoms with E-state index in [2.05, 4.69) is 9.98 Å². The normalized spacial score (nSPS) is 17.3. The number of aromatic hydroxyl groups is 1. The molecule has 6 heteroatoms. The van der Waals surface area contributed by atoms with Gasteiger partial charge in [-0.1, -0.05) is 12.1 Å². The maximum absolute atomic E-state index is 11.9. The first kappa shape index (κ1) is 12.7. The number of phenolic OH excluding ortho intramolecular Hbond substituents is 1. The summed E-state index contributed by atoms with van der Waals surface area (Å²) in [6, 6.07) is 6.38. The number of aliphatic imine (C=N–C) groups is 2. The Bertz CT molecular complexity index is 600. The van der Waals surface area contributed by atoms with Crippen LogP contribution in [0.5, 0.6) is 5.75 Å². The number of nitrogens with zero attached hydrogens (tertiary/aromatic N) is 3. The van der Waals surface area contributed by atoms with Crippen molar-refractivity contribution in [2.75, 3.05) is 7.05 Å². The summed E-state index contributed by atoms with van der Waals surface area (Å²) in [6.07, 6.45) is 3.20. The van der Waals surface area contributed by atoms with Crippen molar-refractivity contribution in [3.05, 3.63) is 35.5 Å². The van der Waals surface area contributed by atoms with Crippen LogP contribution in [0.15, 0.2) is 39.9 Å². The summed E-state index contributed by atoms with van der Waals surface area (Å²) < 4.78 is 0. The Balaban J connectivity index is 2.31. The van der Waals surface area contributed by atoms with E-state index in [1.807, 2.05) is 0 Å². The van der Waals surface area contributed by atoms with Crippen molar-refractivity contribution in [1.82, 2.24) is 4.90 Å². The number of phenols is 1. The highest BCUT2D eigenvalue weighted by Crippen LogP contribution is 2.18. The summed E-state index contributed by atoms with van der Waals surface area (Å²) in [5.74, 6) is 0.182. The summed E-state index contributed by atoms with van der Waals surface area (Å²) in [5.41, 5.74) is 0.993. The van der Waals surface area contributed by atoms with Crippen molar-refractivity contribution < 1.29 is 14.7 Å². The average molecular weight is 257 g/mol. The van der Waals surface area contributed by atoms with Crippen LogP contribution in [-0.2, 0) is 9.59 Å². The molecule has 1 aromatic rings. The summed E-state index contributed by atoms with van der Waals surface area (Å²) in [4.78, 5) is 30.8. The van der Waals surface area contributed by atoms with Gasteiger partial charge < -0.3 is 5.11 Å². The molecule has 0 saturated heterocycles.